The molecule has 2 rings (SSSR count). The van der Waals surface area contributed by atoms with E-state index in [-0.39, 0.29) is 0 Å². The Morgan fingerprint density at radius 1 is 1.25 bits per heavy atom. The highest BCUT2D eigenvalue weighted by Crippen LogP contribution is 2.12. The predicted molar refractivity (Wildman–Crippen MR) is 44.9 cm³/mol. The van der Waals surface area contributed by atoms with Crippen LogP contribution in [0.1, 0.15) is 10.4 Å². The summed E-state index contributed by atoms with van der Waals surface area (Å²) in [5, 5.41) is 8.45. The van der Waals surface area contributed by atoms with Crippen LogP contribution in [0.3, 0.4) is 0 Å². The molecule has 0 N–H and O–H groups in total. The fourth-order valence-electron chi connectivity index (χ4n) is 1.15. The number of aldehydes is 1. The van der Waals surface area contributed by atoms with Crippen LogP contribution in [0, 0.1) is 0 Å². The van der Waals surface area contributed by atoms with Gasteiger partial charge in [0.15, 0.2) is 6.29 Å². The molecule has 0 radical (unpaired) electrons. The van der Waals surface area contributed by atoms with Crippen LogP contribution in [-0.4, -0.2) is 16.5 Å². The Morgan fingerprint density at radius 3 is 3.00 bits per heavy atom. The van der Waals surface area contributed by atoms with Crippen molar-refractivity contribution in [2.45, 2.75) is 0 Å². The summed E-state index contributed by atoms with van der Waals surface area (Å²) in [6, 6.07) is 7.17. The smallest absolute Gasteiger partial charge is 0.150 e. The molecule has 0 saturated heterocycles. The molecule has 0 fully saturated rings. The minimum atomic E-state index is 0.655. The van der Waals surface area contributed by atoms with Crippen LogP contribution < -0.4 is 0 Å². The Balaban J connectivity index is 2.88. The molecular weight excluding hydrogens is 152 g/mol. The Bertz CT molecular complexity index is 420. The summed E-state index contributed by atoms with van der Waals surface area (Å²) in [5.41, 5.74) is 1.41. The van der Waals surface area contributed by atoms with Gasteiger partial charge in [-0.1, -0.05) is 12.1 Å². The van der Waals surface area contributed by atoms with E-state index < -0.39 is 0 Å². The molecule has 3 heteroatoms. The summed E-state index contributed by atoms with van der Waals surface area (Å²) >= 11 is 0. The van der Waals surface area contributed by atoms with E-state index >= 15 is 0 Å². The number of fused-ring (bicyclic) bond motifs is 1. The second-order valence-corrected chi connectivity index (χ2v) is 2.43. The first kappa shape index (κ1) is 6.91. The molecule has 3 nitrogen and oxygen atoms in total. The second-order valence-electron chi connectivity index (χ2n) is 2.43. The first-order valence-corrected chi connectivity index (χ1v) is 3.57. The molecule has 0 aliphatic heterocycles. The molecule has 0 aliphatic rings. The molecule has 1 aromatic heterocycles. The maximum atomic E-state index is 10.6. The quantitative estimate of drug-likeness (QED) is 0.590. The Kier molecular flexibility index (Phi) is 1.55. The highest BCUT2D eigenvalue weighted by atomic mass is 16.1. The zero-order chi connectivity index (χ0) is 8.39. The summed E-state index contributed by atoms with van der Waals surface area (Å²) in [5.74, 6) is 0. The van der Waals surface area contributed by atoms with Gasteiger partial charge in [-0.05, 0) is 12.1 Å². The van der Waals surface area contributed by atoms with E-state index in [4.69, 9.17) is 0 Å². The minimum Gasteiger partial charge on any atom is -0.298 e. The molecule has 0 amide bonds. The third-order valence-electron chi connectivity index (χ3n) is 1.72. The molecule has 0 spiro atoms. The predicted octanol–water partition coefficient (Wildman–Crippen LogP) is 1.44. The van der Waals surface area contributed by atoms with E-state index in [1.165, 1.54) is 0 Å². The van der Waals surface area contributed by atoms with Gasteiger partial charge in [0, 0.05) is 10.9 Å². The van der Waals surface area contributed by atoms with E-state index in [1.54, 1.807) is 24.4 Å². The van der Waals surface area contributed by atoms with Crippen molar-refractivity contribution in [1.29, 1.82) is 0 Å². The lowest BCUT2D eigenvalue weighted by molar-refractivity contribution is 0.112. The van der Waals surface area contributed by atoms with E-state index in [1.807, 2.05) is 6.07 Å². The first-order chi connectivity index (χ1) is 5.92. The summed E-state index contributed by atoms with van der Waals surface area (Å²) in [6.45, 7) is 0. The lowest BCUT2D eigenvalue weighted by atomic mass is 10.1. The molecule has 2 aromatic rings. The summed E-state index contributed by atoms with van der Waals surface area (Å²) in [4.78, 5) is 10.6. The van der Waals surface area contributed by atoms with Crippen molar-refractivity contribution in [2.24, 2.45) is 0 Å². The number of hydrogen-bond donors (Lipinski definition) is 0. The van der Waals surface area contributed by atoms with Gasteiger partial charge in [-0.2, -0.15) is 10.2 Å². The van der Waals surface area contributed by atoms with Crippen LogP contribution in [0.4, 0.5) is 0 Å². The SMILES string of the molecule is O=Cc1cccc2nnccc12. The maximum absolute atomic E-state index is 10.6. The normalized spacial score (nSPS) is 10.0. The standard InChI is InChI=1S/C9H6N2O/c12-6-7-2-1-3-9-8(7)4-5-10-11-9/h1-6H. The van der Waals surface area contributed by atoms with Gasteiger partial charge in [-0.3, -0.25) is 4.79 Å². The van der Waals surface area contributed by atoms with Crippen LogP contribution >= 0.6 is 0 Å². The van der Waals surface area contributed by atoms with Gasteiger partial charge in [0.05, 0.1) is 11.7 Å². The molecule has 0 aliphatic carbocycles. The molecule has 1 aromatic carbocycles. The Hall–Kier alpha value is -1.77. The maximum Gasteiger partial charge on any atom is 0.150 e. The van der Waals surface area contributed by atoms with Crippen molar-refractivity contribution < 1.29 is 4.79 Å². The largest absolute Gasteiger partial charge is 0.298 e. The van der Waals surface area contributed by atoms with Crippen molar-refractivity contribution in [1.82, 2.24) is 10.2 Å². The second kappa shape index (κ2) is 2.70. The average Bonchev–Trinajstić information content (AvgIpc) is 2.17. The topological polar surface area (TPSA) is 42.9 Å². The van der Waals surface area contributed by atoms with Crippen molar-refractivity contribution >= 4 is 17.2 Å². The molecule has 0 saturated carbocycles. The lowest BCUT2D eigenvalue weighted by Gasteiger charge is -1.96. The van der Waals surface area contributed by atoms with Gasteiger partial charge in [0.1, 0.15) is 0 Å². The lowest BCUT2D eigenvalue weighted by Crippen LogP contribution is -1.86. The van der Waals surface area contributed by atoms with Gasteiger partial charge in [0.25, 0.3) is 0 Å². The van der Waals surface area contributed by atoms with Crippen LogP contribution in [0.2, 0.25) is 0 Å². The van der Waals surface area contributed by atoms with Gasteiger partial charge in [0.2, 0.25) is 0 Å². The number of hydrogen-bond acceptors (Lipinski definition) is 3. The zero-order valence-corrected chi connectivity index (χ0v) is 6.27. The molecule has 0 unspecified atom stereocenters. The van der Waals surface area contributed by atoms with Crippen LogP contribution in [-0.2, 0) is 0 Å². The number of rotatable bonds is 1. The van der Waals surface area contributed by atoms with Crippen molar-refractivity contribution in [3.8, 4) is 0 Å². The van der Waals surface area contributed by atoms with Gasteiger partial charge in [-0.15, -0.1) is 0 Å². The summed E-state index contributed by atoms with van der Waals surface area (Å²) in [7, 11) is 0. The number of nitrogens with zero attached hydrogens (tertiary/aromatic N) is 2. The van der Waals surface area contributed by atoms with Gasteiger partial charge < -0.3 is 0 Å². The number of carbonyl (C=O) groups is 1. The Labute approximate surface area is 69.0 Å². The van der Waals surface area contributed by atoms with Gasteiger partial charge in [-0.25, -0.2) is 0 Å². The average molecular weight is 158 g/mol. The van der Waals surface area contributed by atoms with Crippen LogP contribution in [0.25, 0.3) is 10.9 Å². The minimum absolute atomic E-state index is 0.655. The molecule has 58 valence electrons. The fraction of sp³-hybridized carbons (Fsp3) is 0. The third-order valence-corrected chi connectivity index (χ3v) is 1.72. The third kappa shape index (κ3) is 0.955. The molecule has 1 heterocycles. The monoisotopic (exact) mass is 158 g/mol. The van der Waals surface area contributed by atoms with Crippen molar-refractivity contribution in [3.63, 3.8) is 0 Å². The van der Waals surface area contributed by atoms with E-state index in [2.05, 4.69) is 10.2 Å². The highest BCUT2D eigenvalue weighted by Gasteiger charge is 1.98. The summed E-state index contributed by atoms with van der Waals surface area (Å²) in [6.07, 6.45) is 2.40. The fourth-order valence-corrected chi connectivity index (χ4v) is 1.15. The molecule has 12 heavy (non-hydrogen) atoms. The van der Waals surface area contributed by atoms with E-state index in [0.717, 1.165) is 17.2 Å². The Morgan fingerprint density at radius 2 is 2.17 bits per heavy atom. The summed E-state index contributed by atoms with van der Waals surface area (Å²) < 4.78 is 0. The molecule has 0 bridgehead atoms. The molecule has 0 atom stereocenters. The van der Waals surface area contributed by atoms with Crippen molar-refractivity contribution in [2.75, 3.05) is 0 Å². The molecular formula is C9H6N2O. The van der Waals surface area contributed by atoms with E-state index in [9.17, 15) is 4.79 Å². The number of aromatic nitrogens is 2. The highest BCUT2D eigenvalue weighted by molar-refractivity contribution is 5.95. The van der Waals surface area contributed by atoms with Crippen LogP contribution in [0.15, 0.2) is 30.5 Å². The number of carbonyl (C=O) groups excluding carboxylic acids is 1. The van der Waals surface area contributed by atoms with E-state index in [0.29, 0.717) is 5.56 Å². The first-order valence-electron chi connectivity index (χ1n) is 3.57. The zero-order valence-electron chi connectivity index (χ0n) is 6.27. The van der Waals surface area contributed by atoms with Crippen LogP contribution in [0.5, 0.6) is 0 Å². The van der Waals surface area contributed by atoms with Crippen molar-refractivity contribution in [3.05, 3.63) is 36.0 Å². The number of benzene rings is 1. The van der Waals surface area contributed by atoms with Gasteiger partial charge >= 0.3 is 0 Å².